The summed E-state index contributed by atoms with van der Waals surface area (Å²) in [5.74, 6) is -0.338. The molecule has 4 heteroatoms. The van der Waals surface area contributed by atoms with Crippen molar-refractivity contribution >= 4 is 11.8 Å². The van der Waals surface area contributed by atoms with Crippen LogP contribution in [-0.4, -0.2) is 23.8 Å². The van der Waals surface area contributed by atoms with Gasteiger partial charge in [0.15, 0.2) is 0 Å². The second-order valence-electron chi connectivity index (χ2n) is 2.46. The zero-order valence-corrected chi connectivity index (χ0v) is 7.75. The molecule has 2 amide bonds. The van der Waals surface area contributed by atoms with Gasteiger partial charge in [-0.2, -0.15) is 0 Å². The molecule has 13 heavy (non-hydrogen) atoms. The summed E-state index contributed by atoms with van der Waals surface area (Å²) in [6, 6.07) is 0. The molecule has 0 unspecified atom stereocenters. The number of nitrogens with one attached hydrogen (secondary N) is 1. The van der Waals surface area contributed by atoms with E-state index in [0.717, 1.165) is 0 Å². The van der Waals surface area contributed by atoms with Gasteiger partial charge in [-0.1, -0.05) is 13.2 Å². The highest BCUT2D eigenvalue weighted by molar-refractivity contribution is 5.84. The van der Waals surface area contributed by atoms with E-state index < -0.39 is 0 Å². The molecule has 72 valence electrons. The lowest BCUT2D eigenvalue weighted by Gasteiger charge is -2.10. The second kappa shape index (κ2) is 5.99. The maximum atomic E-state index is 11.1. The van der Waals surface area contributed by atoms with Crippen LogP contribution in [0, 0.1) is 0 Å². The minimum absolute atomic E-state index is 0.130. The van der Waals surface area contributed by atoms with Gasteiger partial charge in [0.05, 0.1) is 0 Å². The number of carbonyl (C=O) groups excluding carboxylic acids is 2. The van der Waals surface area contributed by atoms with E-state index in [1.165, 1.54) is 17.3 Å². The van der Waals surface area contributed by atoms with E-state index in [-0.39, 0.29) is 24.7 Å². The van der Waals surface area contributed by atoms with E-state index in [1.54, 1.807) is 7.05 Å². The normalized spacial score (nSPS) is 8.69. The molecule has 0 saturated heterocycles. The Bertz CT molecular complexity index is 224. The van der Waals surface area contributed by atoms with Gasteiger partial charge in [0.1, 0.15) is 0 Å². The van der Waals surface area contributed by atoms with Crippen molar-refractivity contribution in [2.75, 3.05) is 7.05 Å². The monoisotopic (exact) mass is 182 g/mol. The van der Waals surface area contributed by atoms with Gasteiger partial charge in [-0.3, -0.25) is 9.59 Å². The highest BCUT2D eigenvalue weighted by Gasteiger charge is 2.07. The van der Waals surface area contributed by atoms with Crippen LogP contribution < -0.4 is 5.32 Å². The predicted molar refractivity (Wildman–Crippen MR) is 50.5 cm³/mol. The Balaban J connectivity index is 3.75. The Kier molecular flexibility index (Phi) is 5.27. The fraction of sp³-hybridized carbons (Fsp3) is 0.333. The smallest absolute Gasteiger partial charge is 0.226 e. The Morgan fingerprint density at radius 3 is 2.46 bits per heavy atom. The topological polar surface area (TPSA) is 49.4 Å². The van der Waals surface area contributed by atoms with Gasteiger partial charge in [-0.15, -0.1) is 0 Å². The molecule has 0 aromatic heterocycles. The molecule has 0 aliphatic heterocycles. The number of rotatable bonds is 5. The summed E-state index contributed by atoms with van der Waals surface area (Å²) in [5.41, 5.74) is 0. The third kappa shape index (κ3) is 4.79. The molecule has 4 nitrogen and oxygen atoms in total. The Labute approximate surface area is 77.9 Å². The first kappa shape index (κ1) is 11.4. The molecular formula is C9H14N2O2. The van der Waals surface area contributed by atoms with Gasteiger partial charge < -0.3 is 10.2 Å². The van der Waals surface area contributed by atoms with Crippen LogP contribution in [0.5, 0.6) is 0 Å². The van der Waals surface area contributed by atoms with Gasteiger partial charge in [0.25, 0.3) is 0 Å². The van der Waals surface area contributed by atoms with Gasteiger partial charge in [-0.05, 0) is 12.4 Å². The van der Waals surface area contributed by atoms with E-state index in [0.29, 0.717) is 0 Å². The summed E-state index contributed by atoms with van der Waals surface area (Å²) in [4.78, 5) is 23.4. The molecule has 0 bridgehead atoms. The van der Waals surface area contributed by atoms with Crippen molar-refractivity contribution in [3.8, 4) is 0 Å². The van der Waals surface area contributed by atoms with E-state index >= 15 is 0 Å². The molecule has 0 heterocycles. The molecule has 0 atom stereocenters. The van der Waals surface area contributed by atoms with Crippen LogP contribution in [0.4, 0.5) is 0 Å². The van der Waals surface area contributed by atoms with Crippen molar-refractivity contribution in [3.63, 3.8) is 0 Å². The summed E-state index contributed by atoms with van der Waals surface area (Å²) in [7, 11) is 1.60. The summed E-state index contributed by atoms with van der Waals surface area (Å²) >= 11 is 0. The van der Waals surface area contributed by atoms with Crippen LogP contribution in [-0.2, 0) is 9.59 Å². The number of hydrogen-bond acceptors (Lipinski definition) is 2. The van der Waals surface area contributed by atoms with Crippen molar-refractivity contribution in [1.82, 2.24) is 10.2 Å². The SMILES string of the molecule is C=CNC(=O)CCC(=O)N(C)C=C. The van der Waals surface area contributed by atoms with Gasteiger partial charge in [0.2, 0.25) is 11.8 Å². The highest BCUT2D eigenvalue weighted by atomic mass is 16.2. The van der Waals surface area contributed by atoms with Crippen molar-refractivity contribution in [1.29, 1.82) is 0 Å². The third-order valence-corrected chi connectivity index (χ3v) is 1.50. The van der Waals surface area contributed by atoms with Gasteiger partial charge in [0, 0.05) is 19.9 Å². The lowest BCUT2D eigenvalue weighted by Crippen LogP contribution is -2.23. The van der Waals surface area contributed by atoms with Crippen LogP contribution in [0.1, 0.15) is 12.8 Å². The molecule has 0 aromatic rings. The summed E-state index contributed by atoms with van der Waals surface area (Å²) in [6.07, 6.45) is 3.06. The molecule has 0 aliphatic rings. The number of nitrogens with zero attached hydrogens (tertiary/aromatic N) is 1. The minimum Gasteiger partial charge on any atom is -0.333 e. The average molecular weight is 182 g/mol. The number of amides is 2. The van der Waals surface area contributed by atoms with Gasteiger partial charge in [-0.25, -0.2) is 0 Å². The van der Waals surface area contributed by atoms with Crippen molar-refractivity contribution in [2.45, 2.75) is 12.8 Å². The molecule has 0 spiro atoms. The quantitative estimate of drug-likeness (QED) is 0.678. The summed E-state index contributed by atoms with van der Waals surface area (Å²) in [5, 5.41) is 2.39. The molecule has 0 radical (unpaired) electrons. The van der Waals surface area contributed by atoms with E-state index in [2.05, 4.69) is 18.5 Å². The molecule has 0 fully saturated rings. The minimum atomic E-state index is -0.208. The fourth-order valence-corrected chi connectivity index (χ4v) is 0.685. The molecule has 0 rings (SSSR count). The number of hydrogen-bond donors (Lipinski definition) is 1. The fourth-order valence-electron chi connectivity index (χ4n) is 0.685. The summed E-state index contributed by atoms with van der Waals surface area (Å²) in [6.45, 7) is 6.77. The number of carbonyl (C=O) groups is 2. The van der Waals surface area contributed by atoms with Crippen LogP contribution in [0.15, 0.2) is 25.6 Å². The molecular weight excluding hydrogens is 168 g/mol. The van der Waals surface area contributed by atoms with Crippen molar-refractivity contribution in [3.05, 3.63) is 25.6 Å². The average Bonchev–Trinajstić information content (AvgIpc) is 2.13. The Morgan fingerprint density at radius 1 is 1.38 bits per heavy atom. The first-order valence-electron chi connectivity index (χ1n) is 3.90. The first-order valence-corrected chi connectivity index (χ1v) is 3.90. The van der Waals surface area contributed by atoms with Crippen LogP contribution in [0.2, 0.25) is 0 Å². The molecule has 1 N–H and O–H groups in total. The first-order chi connectivity index (χ1) is 6.11. The summed E-state index contributed by atoms with van der Waals surface area (Å²) < 4.78 is 0. The van der Waals surface area contributed by atoms with E-state index in [4.69, 9.17) is 0 Å². The van der Waals surface area contributed by atoms with Crippen LogP contribution >= 0.6 is 0 Å². The van der Waals surface area contributed by atoms with Gasteiger partial charge >= 0.3 is 0 Å². The Morgan fingerprint density at radius 2 is 2.00 bits per heavy atom. The molecule has 0 aromatic carbocycles. The standard InChI is InChI=1S/C9H14N2O2/c1-4-10-8(12)6-7-9(13)11(3)5-2/h4-5H,1-2,6-7H2,3H3,(H,10,12). The Hall–Kier alpha value is -1.58. The van der Waals surface area contributed by atoms with E-state index in [9.17, 15) is 9.59 Å². The molecule has 0 aliphatic carbocycles. The maximum Gasteiger partial charge on any atom is 0.226 e. The van der Waals surface area contributed by atoms with Crippen LogP contribution in [0.3, 0.4) is 0 Å². The second-order valence-corrected chi connectivity index (χ2v) is 2.46. The third-order valence-electron chi connectivity index (χ3n) is 1.50. The zero-order valence-electron chi connectivity index (χ0n) is 7.75. The lowest BCUT2D eigenvalue weighted by atomic mass is 10.2. The molecule has 0 saturated carbocycles. The van der Waals surface area contributed by atoms with Crippen LogP contribution in [0.25, 0.3) is 0 Å². The van der Waals surface area contributed by atoms with Crippen molar-refractivity contribution < 1.29 is 9.59 Å². The van der Waals surface area contributed by atoms with E-state index in [1.807, 2.05) is 0 Å². The maximum absolute atomic E-state index is 11.1. The largest absolute Gasteiger partial charge is 0.333 e. The predicted octanol–water partition coefficient (Wildman–Crippen LogP) is 0.628. The zero-order chi connectivity index (χ0) is 10.3. The van der Waals surface area contributed by atoms with Crippen molar-refractivity contribution in [2.24, 2.45) is 0 Å². The highest BCUT2D eigenvalue weighted by Crippen LogP contribution is 1.95. The lowest BCUT2D eigenvalue weighted by molar-refractivity contribution is -0.130.